The van der Waals surface area contributed by atoms with E-state index in [1.165, 1.54) is 27.9 Å². The van der Waals surface area contributed by atoms with Gasteiger partial charge in [0, 0.05) is 31.4 Å². The SMILES string of the molecule is CC1Cc2ccc(N3Cc4ccccc4C3)cc2CN1. The molecule has 2 heteroatoms. The van der Waals surface area contributed by atoms with Gasteiger partial charge in [-0.3, -0.25) is 0 Å². The van der Waals surface area contributed by atoms with E-state index in [9.17, 15) is 0 Å². The van der Waals surface area contributed by atoms with Gasteiger partial charge in [0.1, 0.15) is 0 Å². The van der Waals surface area contributed by atoms with Crippen molar-refractivity contribution in [3.8, 4) is 0 Å². The van der Waals surface area contributed by atoms with Crippen molar-refractivity contribution in [2.24, 2.45) is 0 Å². The average molecular weight is 264 g/mol. The first kappa shape index (κ1) is 12.0. The van der Waals surface area contributed by atoms with Crippen LogP contribution >= 0.6 is 0 Å². The molecule has 4 rings (SSSR count). The van der Waals surface area contributed by atoms with Crippen molar-refractivity contribution in [1.82, 2.24) is 5.32 Å². The standard InChI is InChI=1S/C18H20N2/c1-13-8-14-6-7-18(9-17(14)10-19-13)20-11-15-4-2-3-5-16(15)12-20/h2-7,9,13,19H,8,10-12H2,1H3. The van der Waals surface area contributed by atoms with Crippen LogP contribution in [0, 0.1) is 0 Å². The van der Waals surface area contributed by atoms with Crippen molar-refractivity contribution < 1.29 is 0 Å². The van der Waals surface area contributed by atoms with E-state index in [0.717, 1.165) is 26.1 Å². The lowest BCUT2D eigenvalue weighted by Gasteiger charge is -2.26. The number of rotatable bonds is 1. The van der Waals surface area contributed by atoms with Crippen LogP contribution in [0.15, 0.2) is 42.5 Å². The molecule has 0 aliphatic carbocycles. The number of hydrogen-bond donors (Lipinski definition) is 1. The summed E-state index contributed by atoms with van der Waals surface area (Å²) in [4.78, 5) is 2.48. The monoisotopic (exact) mass is 264 g/mol. The van der Waals surface area contributed by atoms with Crippen LogP contribution in [0.2, 0.25) is 0 Å². The van der Waals surface area contributed by atoms with Crippen LogP contribution in [0.5, 0.6) is 0 Å². The van der Waals surface area contributed by atoms with Gasteiger partial charge < -0.3 is 10.2 Å². The Bertz CT molecular complexity index is 623. The van der Waals surface area contributed by atoms with E-state index in [2.05, 4.69) is 59.6 Å². The summed E-state index contributed by atoms with van der Waals surface area (Å²) in [6, 6.07) is 16.4. The summed E-state index contributed by atoms with van der Waals surface area (Å²) in [6.45, 7) is 5.34. The minimum atomic E-state index is 0.601. The molecule has 0 spiro atoms. The molecule has 0 amide bonds. The summed E-state index contributed by atoms with van der Waals surface area (Å²) in [6.07, 6.45) is 1.15. The van der Waals surface area contributed by atoms with E-state index in [0.29, 0.717) is 6.04 Å². The topological polar surface area (TPSA) is 15.3 Å². The molecule has 2 aliphatic rings. The second kappa shape index (κ2) is 4.64. The molecule has 0 radical (unpaired) electrons. The number of nitrogens with zero attached hydrogens (tertiary/aromatic N) is 1. The van der Waals surface area contributed by atoms with Gasteiger partial charge in [-0.25, -0.2) is 0 Å². The maximum absolute atomic E-state index is 3.55. The number of anilines is 1. The normalized spacial score (nSPS) is 20.6. The Kier molecular flexibility index (Phi) is 2.78. The molecule has 2 aromatic rings. The van der Waals surface area contributed by atoms with Crippen LogP contribution in [0.3, 0.4) is 0 Å². The van der Waals surface area contributed by atoms with Crippen LogP contribution in [0.1, 0.15) is 29.2 Å². The molecule has 1 atom stereocenters. The maximum Gasteiger partial charge on any atom is 0.0436 e. The summed E-state index contributed by atoms with van der Waals surface area (Å²) in [5.74, 6) is 0. The Morgan fingerprint density at radius 2 is 1.70 bits per heavy atom. The highest BCUT2D eigenvalue weighted by atomic mass is 15.1. The number of nitrogens with one attached hydrogen (secondary N) is 1. The number of benzene rings is 2. The van der Waals surface area contributed by atoms with Crippen molar-refractivity contribution in [3.63, 3.8) is 0 Å². The highest BCUT2D eigenvalue weighted by Gasteiger charge is 2.20. The highest BCUT2D eigenvalue weighted by Crippen LogP contribution is 2.30. The number of fused-ring (bicyclic) bond motifs is 2. The molecular formula is C18H20N2. The Balaban J connectivity index is 1.62. The lowest BCUT2D eigenvalue weighted by atomic mass is 9.96. The minimum Gasteiger partial charge on any atom is -0.363 e. The summed E-state index contributed by atoms with van der Waals surface area (Å²) < 4.78 is 0. The Labute approximate surface area is 120 Å². The van der Waals surface area contributed by atoms with E-state index in [1.54, 1.807) is 0 Å². The second-order valence-corrected chi connectivity index (χ2v) is 6.06. The van der Waals surface area contributed by atoms with Crippen LogP contribution in [0.4, 0.5) is 5.69 Å². The van der Waals surface area contributed by atoms with Crippen LogP contribution in [-0.4, -0.2) is 6.04 Å². The van der Waals surface area contributed by atoms with Crippen molar-refractivity contribution in [2.75, 3.05) is 4.90 Å². The number of hydrogen-bond acceptors (Lipinski definition) is 2. The third kappa shape index (κ3) is 2.01. The molecule has 2 aromatic carbocycles. The molecule has 0 saturated carbocycles. The molecule has 0 aromatic heterocycles. The Morgan fingerprint density at radius 1 is 0.950 bits per heavy atom. The molecule has 102 valence electrons. The van der Waals surface area contributed by atoms with Gasteiger partial charge >= 0.3 is 0 Å². The molecule has 2 nitrogen and oxygen atoms in total. The van der Waals surface area contributed by atoms with E-state index in [4.69, 9.17) is 0 Å². The van der Waals surface area contributed by atoms with E-state index in [1.807, 2.05) is 0 Å². The summed E-state index contributed by atoms with van der Waals surface area (Å²) in [7, 11) is 0. The zero-order chi connectivity index (χ0) is 13.5. The van der Waals surface area contributed by atoms with Crippen molar-refractivity contribution in [2.45, 2.75) is 39.0 Å². The van der Waals surface area contributed by atoms with Crippen LogP contribution < -0.4 is 10.2 Å². The molecule has 1 unspecified atom stereocenters. The van der Waals surface area contributed by atoms with Crippen molar-refractivity contribution >= 4 is 5.69 Å². The van der Waals surface area contributed by atoms with E-state index in [-0.39, 0.29) is 0 Å². The Morgan fingerprint density at radius 3 is 2.45 bits per heavy atom. The predicted molar refractivity (Wildman–Crippen MR) is 82.8 cm³/mol. The zero-order valence-electron chi connectivity index (χ0n) is 11.9. The van der Waals surface area contributed by atoms with Gasteiger partial charge in [0.05, 0.1) is 0 Å². The smallest absolute Gasteiger partial charge is 0.0436 e. The molecule has 0 bridgehead atoms. The van der Waals surface area contributed by atoms with Gasteiger partial charge in [0.2, 0.25) is 0 Å². The van der Waals surface area contributed by atoms with Gasteiger partial charge in [-0.05, 0) is 47.7 Å². The molecule has 0 fully saturated rings. The fraction of sp³-hybridized carbons (Fsp3) is 0.333. The lowest BCUT2D eigenvalue weighted by molar-refractivity contribution is 0.513. The molecule has 2 heterocycles. The van der Waals surface area contributed by atoms with Gasteiger partial charge in [-0.1, -0.05) is 30.3 Å². The summed E-state index contributed by atoms with van der Waals surface area (Å²) in [5.41, 5.74) is 7.28. The lowest BCUT2D eigenvalue weighted by Crippen LogP contribution is -2.33. The van der Waals surface area contributed by atoms with Gasteiger partial charge in [-0.15, -0.1) is 0 Å². The van der Waals surface area contributed by atoms with Crippen molar-refractivity contribution in [3.05, 3.63) is 64.7 Å². The van der Waals surface area contributed by atoms with Gasteiger partial charge in [0.25, 0.3) is 0 Å². The summed E-state index contributed by atoms with van der Waals surface area (Å²) >= 11 is 0. The first-order chi connectivity index (χ1) is 9.79. The fourth-order valence-electron chi connectivity index (χ4n) is 3.37. The third-order valence-corrected chi connectivity index (χ3v) is 4.56. The molecule has 20 heavy (non-hydrogen) atoms. The van der Waals surface area contributed by atoms with Crippen LogP contribution in [0.25, 0.3) is 0 Å². The first-order valence-corrected chi connectivity index (χ1v) is 7.46. The molecule has 0 saturated heterocycles. The second-order valence-electron chi connectivity index (χ2n) is 6.06. The fourth-order valence-corrected chi connectivity index (χ4v) is 3.37. The van der Waals surface area contributed by atoms with Gasteiger partial charge in [0.15, 0.2) is 0 Å². The minimum absolute atomic E-state index is 0.601. The van der Waals surface area contributed by atoms with Crippen molar-refractivity contribution in [1.29, 1.82) is 0 Å². The average Bonchev–Trinajstić information content (AvgIpc) is 2.90. The largest absolute Gasteiger partial charge is 0.363 e. The predicted octanol–water partition coefficient (Wildman–Crippen LogP) is 3.24. The van der Waals surface area contributed by atoms with Gasteiger partial charge in [-0.2, -0.15) is 0 Å². The van der Waals surface area contributed by atoms with E-state index >= 15 is 0 Å². The van der Waals surface area contributed by atoms with Crippen LogP contribution in [-0.2, 0) is 26.1 Å². The quantitative estimate of drug-likeness (QED) is 0.850. The third-order valence-electron chi connectivity index (χ3n) is 4.56. The summed E-state index contributed by atoms with van der Waals surface area (Å²) in [5, 5.41) is 3.55. The maximum atomic E-state index is 3.55. The highest BCUT2D eigenvalue weighted by molar-refractivity contribution is 5.55. The van der Waals surface area contributed by atoms with E-state index < -0.39 is 0 Å². The molecule has 1 N–H and O–H groups in total. The molecular weight excluding hydrogens is 244 g/mol. The Hall–Kier alpha value is -1.80. The zero-order valence-corrected chi connectivity index (χ0v) is 11.9. The molecule has 2 aliphatic heterocycles. The first-order valence-electron chi connectivity index (χ1n) is 7.46.